The summed E-state index contributed by atoms with van der Waals surface area (Å²) in [7, 11) is -1.93. The van der Waals surface area contributed by atoms with Gasteiger partial charge in [-0.2, -0.15) is 0 Å². The minimum Gasteiger partial charge on any atom is -0.413 e. The first-order valence-corrected chi connectivity index (χ1v) is 12.6. The van der Waals surface area contributed by atoms with Crippen molar-refractivity contribution in [1.82, 2.24) is 5.32 Å². The molecule has 0 radical (unpaired) electrons. The van der Waals surface area contributed by atoms with Gasteiger partial charge in [-0.15, -0.1) is 0 Å². The Labute approximate surface area is 150 Å². The van der Waals surface area contributed by atoms with Gasteiger partial charge in [0.1, 0.15) is 0 Å². The highest BCUT2D eigenvalue weighted by Crippen LogP contribution is 2.40. The number of hydrogen-bond acceptors (Lipinski definition) is 5. The molecule has 0 spiro atoms. The predicted octanol–water partition coefficient (Wildman–Crippen LogP) is 3.16. The average Bonchev–Trinajstić information content (AvgIpc) is 2.88. The van der Waals surface area contributed by atoms with Crippen molar-refractivity contribution in [3.05, 3.63) is 0 Å². The van der Waals surface area contributed by atoms with E-state index in [4.69, 9.17) is 9.16 Å². The summed E-state index contributed by atoms with van der Waals surface area (Å²) in [6.07, 6.45) is 1.32. The fraction of sp³-hybridized carbons (Fsp3) is 0.882. The van der Waals surface area contributed by atoms with Crippen molar-refractivity contribution >= 4 is 31.1 Å². The summed E-state index contributed by atoms with van der Waals surface area (Å²) in [5, 5.41) is 2.94. The zero-order valence-electron chi connectivity index (χ0n) is 15.7. The molecule has 2 fully saturated rings. The first-order valence-electron chi connectivity index (χ1n) is 8.76. The molecule has 138 valence electrons. The Morgan fingerprint density at radius 2 is 2.12 bits per heavy atom. The van der Waals surface area contributed by atoms with Crippen molar-refractivity contribution in [1.29, 1.82) is 0 Å². The smallest absolute Gasteiger partial charge is 0.229 e. The van der Waals surface area contributed by atoms with E-state index in [2.05, 4.69) is 39.2 Å². The molecule has 2 heterocycles. The molecule has 0 aromatic rings. The second-order valence-corrected chi connectivity index (χ2v) is 14.4. The highest BCUT2D eigenvalue weighted by Gasteiger charge is 2.48. The van der Waals surface area contributed by atoms with Crippen LogP contribution in [0.4, 0.5) is 0 Å². The van der Waals surface area contributed by atoms with E-state index in [1.807, 2.05) is 6.92 Å². The molecular weight excluding hydrogens is 342 g/mol. The minimum atomic E-state index is -1.93. The van der Waals surface area contributed by atoms with Crippen LogP contribution >= 0.6 is 11.8 Å². The van der Waals surface area contributed by atoms with Gasteiger partial charge in [-0.3, -0.25) is 9.59 Å². The highest BCUT2D eigenvalue weighted by atomic mass is 32.2. The normalized spacial score (nSPS) is 29.1. The maximum absolute atomic E-state index is 12.2. The summed E-state index contributed by atoms with van der Waals surface area (Å²) in [6, 6.07) is 0. The maximum atomic E-state index is 12.2. The molecule has 0 saturated carbocycles. The molecule has 2 unspecified atom stereocenters. The van der Waals surface area contributed by atoms with Crippen LogP contribution < -0.4 is 5.32 Å². The lowest BCUT2D eigenvalue weighted by Crippen LogP contribution is -2.62. The largest absolute Gasteiger partial charge is 0.413 e. The number of thioether (sulfide) groups is 1. The zero-order valence-corrected chi connectivity index (χ0v) is 17.5. The van der Waals surface area contributed by atoms with E-state index >= 15 is 0 Å². The van der Waals surface area contributed by atoms with Crippen molar-refractivity contribution in [3.8, 4) is 0 Å². The van der Waals surface area contributed by atoms with Gasteiger partial charge in [0, 0.05) is 19.6 Å². The summed E-state index contributed by atoms with van der Waals surface area (Å²) in [5.41, 5.74) is 0. The number of rotatable bonds is 6. The number of carbonyl (C=O) groups excluding carboxylic acids is 2. The minimum absolute atomic E-state index is 0.00397. The van der Waals surface area contributed by atoms with Gasteiger partial charge in [0.25, 0.3) is 0 Å². The van der Waals surface area contributed by atoms with Gasteiger partial charge in [-0.05, 0) is 37.4 Å². The standard InChI is InChI=1S/C17H31NO4SSi/c1-11(22-24(5,6)17(2,3)4)14-15(20)18-16(14)23-13(19)9-12-7-8-21-10-12/h11-12,14,16H,7-10H2,1-6H3,(H,18,20)/t11?,12?,14-,16+/m0/s1. The lowest BCUT2D eigenvalue weighted by molar-refractivity contribution is -0.136. The number of amides is 1. The predicted molar refractivity (Wildman–Crippen MR) is 99.3 cm³/mol. The third-order valence-corrected chi connectivity index (χ3v) is 11.1. The van der Waals surface area contributed by atoms with E-state index in [-0.39, 0.29) is 33.5 Å². The monoisotopic (exact) mass is 373 g/mol. The summed E-state index contributed by atoms with van der Waals surface area (Å²) in [4.78, 5) is 24.3. The molecule has 2 aliphatic rings. The molecular formula is C17H31NO4SSi. The van der Waals surface area contributed by atoms with Crippen LogP contribution in [0.25, 0.3) is 0 Å². The van der Waals surface area contributed by atoms with Crippen LogP contribution in [0.15, 0.2) is 0 Å². The molecule has 1 amide bonds. The maximum Gasteiger partial charge on any atom is 0.229 e. The molecule has 1 N–H and O–H groups in total. The number of carbonyl (C=O) groups is 2. The highest BCUT2D eigenvalue weighted by molar-refractivity contribution is 8.14. The van der Waals surface area contributed by atoms with Crippen molar-refractivity contribution in [2.45, 2.75) is 70.1 Å². The third kappa shape index (κ3) is 4.62. The van der Waals surface area contributed by atoms with E-state index < -0.39 is 8.32 Å². The van der Waals surface area contributed by atoms with Crippen LogP contribution in [0.2, 0.25) is 18.1 Å². The lowest BCUT2D eigenvalue weighted by atomic mass is 9.96. The van der Waals surface area contributed by atoms with E-state index in [1.54, 1.807) is 0 Å². The molecule has 2 saturated heterocycles. The first-order chi connectivity index (χ1) is 11.0. The molecule has 4 atom stereocenters. The number of β-lactam (4-membered cyclic amide) rings is 1. The van der Waals surface area contributed by atoms with Crippen LogP contribution in [-0.2, 0) is 18.8 Å². The third-order valence-electron chi connectivity index (χ3n) is 5.44. The lowest BCUT2D eigenvalue weighted by Gasteiger charge is -2.44. The molecule has 24 heavy (non-hydrogen) atoms. The van der Waals surface area contributed by atoms with Crippen LogP contribution in [0.5, 0.6) is 0 Å². The zero-order chi connectivity index (χ0) is 18.1. The molecule has 5 nitrogen and oxygen atoms in total. The first kappa shape index (κ1) is 19.9. The average molecular weight is 374 g/mol. The van der Waals surface area contributed by atoms with Gasteiger partial charge in [-0.1, -0.05) is 32.5 Å². The van der Waals surface area contributed by atoms with Gasteiger partial charge >= 0.3 is 0 Å². The van der Waals surface area contributed by atoms with Crippen LogP contribution in [0.1, 0.15) is 40.5 Å². The Kier molecular flexibility index (Phi) is 6.21. The molecule has 2 rings (SSSR count). The Morgan fingerprint density at radius 1 is 1.46 bits per heavy atom. The number of hydrogen-bond donors (Lipinski definition) is 1. The van der Waals surface area contributed by atoms with Crippen LogP contribution in [-0.4, -0.2) is 44.0 Å². The van der Waals surface area contributed by atoms with E-state index in [0.29, 0.717) is 18.9 Å². The summed E-state index contributed by atoms with van der Waals surface area (Å²) < 4.78 is 11.7. The SMILES string of the molecule is CC(O[Si](C)(C)C(C)(C)C)[C@H]1C(=O)N[C@@H]1SC(=O)CC1CCOC1. The Morgan fingerprint density at radius 3 is 2.62 bits per heavy atom. The van der Waals surface area contributed by atoms with Crippen LogP contribution in [0.3, 0.4) is 0 Å². The van der Waals surface area contributed by atoms with E-state index in [0.717, 1.165) is 13.0 Å². The fourth-order valence-electron chi connectivity index (χ4n) is 2.81. The molecule has 0 aliphatic carbocycles. The number of ether oxygens (including phenoxy) is 1. The summed E-state index contributed by atoms with van der Waals surface area (Å²) >= 11 is 1.26. The van der Waals surface area contributed by atoms with E-state index in [1.165, 1.54) is 11.8 Å². The van der Waals surface area contributed by atoms with Gasteiger partial charge in [-0.25, -0.2) is 0 Å². The Hall–Kier alpha value is -0.373. The fourth-order valence-corrected chi connectivity index (χ4v) is 5.53. The summed E-state index contributed by atoms with van der Waals surface area (Å²) in [5.74, 6) is 0.0868. The van der Waals surface area contributed by atoms with Gasteiger partial charge < -0.3 is 14.5 Å². The van der Waals surface area contributed by atoms with Crippen molar-refractivity contribution < 1.29 is 18.8 Å². The van der Waals surface area contributed by atoms with Gasteiger partial charge in [0.2, 0.25) is 5.91 Å². The topological polar surface area (TPSA) is 64.6 Å². The second-order valence-electron chi connectivity index (χ2n) is 8.46. The molecule has 7 heteroatoms. The second kappa shape index (κ2) is 7.48. The van der Waals surface area contributed by atoms with Crippen molar-refractivity contribution in [3.63, 3.8) is 0 Å². The van der Waals surface area contributed by atoms with Crippen molar-refractivity contribution in [2.75, 3.05) is 13.2 Å². The quantitative estimate of drug-likeness (QED) is 0.572. The molecule has 0 aromatic carbocycles. The Balaban J connectivity index is 1.89. The molecule has 0 bridgehead atoms. The molecule has 0 aromatic heterocycles. The van der Waals surface area contributed by atoms with Crippen LogP contribution in [0, 0.1) is 11.8 Å². The van der Waals surface area contributed by atoms with Gasteiger partial charge in [0.05, 0.1) is 17.4 Å². The van der Waals surface area contributed by atoms with E-state index in [9.17, 15) is 9.59 Å². The Bertz CT molecular complexity index is 485. The number of nitrogens with one attached hydrogen (secondary N) is 1. The van der Waals surface area contributed by atoms with Crippen molar-refractivity contribution in [2.24, 2.45) is 11.8 Å². The van der Waals surface area contributed by atoms with Gasteiger partial charge in [0.15, 0.2) is 13.4 Å². The summed E-state index contributed by atoms with van der Waals surface area (Å²) in [6.45, 7) is 14.3. The molecule has 2 aliphatic heterocycles.